The molecule has 4 rings (SSSR count). The number of hydrogen-bond acceptors (Lipinski definition) is 6. The number of aromatic amines is 1. The molecule has 0 saturated carbocycles. The average Bonchev–Trinajstić information content (AvgIpc) is 3.53. The van der Waals surface area contributed by atoms with Gasteiger partial charge < -0.3 is 10.6 Å². The van der Waals surface area contributed by atoms with E-state index in [0.717, 1.165) is 62.9 Å². The number of aromatic nitrogens is 6. The highest BCUT2D eigenvalue weighted by Gasteiger charge is 2.15. The molecule has 0 unspecified atom stereocenters. The number of nitrogens with one attached hydrogen (secondary N) is 3. The van der Waals surface area contributed by atoms with E-state index >= 15 is 0 Å². The molecule has 200 valence electrons. The molecule has 8 heteroatoms. The number of rotatable bonds is 11. The van der Waals surface area contributed by atoms with Crippen LogP contribution in [0.3, 0.4) is 0 Å². The van der Waals surface area contributed by atoms with Gasteiger partial charge in [0, 0.05) is 35.0 Å². The molecule has 0 atom stereocenters. The molecule has 0 fully saturated rings. The molecule has 39 heavy (non-hydrogen) atoms. The quantitative estimate of drug-likeness (QED) is 0.187. The smallest absolute Gasteiger partial charge is 0.142 e. The van der Waals surface area contributed by atoms with Crippen LogP contribution in [-0.4, -0.2) is 29.7 Å². The van der Waals surface area contributed by atoms with Crippen LogP contribution in [0.2, 0.25) is 0 Å². The molecular formula is C31H36N8. The van der Waals surface area contributed by atoms with Gasteiger partial charge in [-0.2, -0.15) is 5.10 Å². The van der Waals surface area contributed by atoms with E-state index in [1.807, 2.05) is 61.9 Å². The highest BCUT2D eigenvalue weighted by atomic mass is 15.1. The van der Waals surface area contributed by atoms with Gasteiger partial charge in [-0.1, -0.05) is 39.7 Å². The zero-order chi connectivity index (χ0) is 28.1. The number of nitrogens with zero attached hydrogens (tertiary/aromatic N) is 5. The fraction of sp³-hybridized carbons (Fsp3) is 0.226. The van der Waals surface area contributed by atoms with Crippen molar-refractivity contribution in [2.24, 2.45) is 5.92 Å². The lowest BCUT2D eigenvalue weighted by Gasteiger charge is -2.14. The molecule has 4 aromatic rings. The number of hydrogen-bond donors (Lipinski definition) is 3. The van der Waals surface area contributed by atoms with Gasteiger partial charge in [0.2, 0.25) is 0 Å². The first-order valence-corrected chi connectivity index (χ1v) is 12.9. The SMILES string of the molecule is C=C/C(=C\C(=C/C)c1ccc2[nH]nc(C(=C)Nc3ccnc(-n4cnc(C)c4)c3C)c2n1)NC(=C)CC(C)C. The molecule has 0 amide bonds. The predicted octanol–water partition coefficient (Wildman–Crippen LogP) is 6.86. The lowest BCUT2D eigenvalue weighted by atomic mass is 10.1. The minimum Gasteiger partial charge on any atom is -0.359 e. The topological polar surface area (TPSA) is 96.3 Å². The Balaban J connectivity index is 1.61. The number of H-pyrrole nitrogens is 1. The highest BCUT2D eigenvalue weighted by Crippen LogP contribution is 2.27. The van der Waals surface area contributed by atoms with Crippen LogP contribution in [0.25, 0.3) is 28.1 Å². The summed E-state index contributed by atoms with van der Waals surface area (Å²) in [6.45, 7) is 22.7. The Morgan fingerprint density at radius 3 is 2.62 bits per heavy atom. The van der Waals surface area contributed by atoms with Gasteiger partial charge >= 0.3 is 0 Å². The Morgan fingerprint density at radius 2 is 1.95 bits per heavy atom. The van der Waals surface area contributed by atoms with Crippen LogP contribution in [0.4, 0.5) is 5.69 Å². The summed E-state index contributed by atoms with van der Waals surface area (Å²) < 4.78 is 1.91. The summed E-state index contributed by atoms with van der Waals surface area (Å²) in [4.78, 5) is 13.8. The van der Waals surface area contributed by atoms with Crippen molar-refractivity contribution < 1.29 is 0 Å². The molecule has 0 radical (unpaired) electrons. The van der Waals surface area contributed by atoms with E-state index in [-0.39, 0.29) is 0 Å². The van der Waals surface area contributed by atoms with Crippen molar-refractivity contribution in [2.75, 3.05) is 5.32 Å². The molecule has 0 aliphatic carbocycles. The van der Waals surface area contributed by atoms with Crippen molar-refractivity contribution in [2.45, 2.75) is 41.0 Å². The lowest BCUT2D eigenvalue weighted by Crippen LogP contribution is -2.12. The van der Waals surface area contributed by atoms with Gasteiger partial charge in [0.1, 0.15) is 23.4 Å². The molecule has 8 nitrogen and oxygen atoms in total. The summed E-state index contributed by atoms with van der Waals surface area (Å²) >= 11 is 0. The van der Waals surface area contributed by atoms with E-state index in [0.29, 0.717) is 17.3 Å². The maximum Gasteiger partial charge on any atom is 0.142 e. The molecular weight excluding hydrogens is 484 g/mol. The second kappa shape index (κ2) is 11.8. The molecule has 0 aliphatic heterocycles. The van der Waals surface area contributed by atoms with Gasteiger partial charge in [0.25, 0.3) is 0 Å². The van der Waals surface area contributed by atoms with E-state index < -0.39 is 0 Å². The van der Waals surface area contributed by atoms with E-state index in [2.05, 4.69) is 64.4 Å². The van der Waals surface area contributed by atoms with Crippen LogP contribution >= 0.6 is 0 Å². The molecule has 0 aliphatic rings. The van der Waals surface area contributed by atoms with Crippen molar-refractivity contribution >= 4 is 28.0 Å². The van der Waals surface area contributed by atoms with Gasteiger partial charge in [-0.3, -0.25) is 9.67 Å². The summed E-state index contributed by atoms with van der Waals surface area (Å²) in [5.41, 5.74) is 9.18. The minimum atomic E-state index is 0.514. The van der Waals surface area contributed by atoms with Crippen LogP contribution in [0, 0.1) is 19.8 Å². The Hall–Kier alpha value is -4.72. The van der Waals surface area contributed by atoms with E-state index in [9.17, 15) is 0 Å². The second-order valence-corrected chi connectivity index (χ2v) is 9.87. The summed E-state index contributed by atoms with van der Waals surface area (Å²) in [6.07, 6.45) is 12.2. The van der Waals surface area contributed by atoms with Crippen molar-refractivity contribution in [3.05, 3.63) is 109 Å². The van der Waals surface area contributed by atoms with Gasteiger partial charge in [0.15, 0.2) is 0 Å². The molecule has 0 spiro atoms. The van der Waals surface area contributed by atoms with E-state index in [4.69, 9.17) is 4.98 Å². The first-order chi connectivity index (χ1) is 18.7. The fourth-order valence-corrected chi connectivity index (χ4v) is 4.32. The van der Waals surface area contributed by atoms with Crippen LogP contribution in [0.5, 0.6) is 0 Å². The maximum atomic E-state index is 4.96. The summed E-state index contributed by atoms with van der Waals surface area (Å²) in [5, 5.41) is 14.4. The van der Waals surface area contributed by atoms with Crippen LogP contribution < -0.4 is 10.6 Å². The lowest BCUT2D eigenvalue weighted by molar-refractivity contribution is 0.622. The first-order valence-electron chi connectivity index (χ1n) is 12.9. The summed E-state index contributed by atoms with van der Waals surface area (Å²) in [5.74, 6) is 1.31. The monoisotopic (exact) mass is 520 g/mol. The third-order valence-corrected chi connectivity index (χ3v) is 6.23. The number of fused-ring (bicyclic) bond motifs is 1. The molecule has 3 N–H and O–H groups in total. The number of aryl methyl sites for hydroxylation is 1. The van der Waals surface area contributed by atoms with Gasteiger partial charge in [-0.25, -0.2) is 15.0 Å². The third-order valence-electron chi connectivity index (χ3n) is 6.23. The number of anilines is 1. The zero-order valence-electron chi connectivity index (χ0n) is 23.3. The Kier molecular flexibility index (Phi) is 8.24. The number of pyridine rings is 2. The van der Waals surface area contributed by atoms with Gasteiger partial charge in [-0.05, 0) is 69.0 Å². The van der Waals surface area contributed by atoms with Crippen molar-refractivity contribution in [1.82, 2.24) is 35.0 Å². The number of imidazole rings is 1. The molecule has 4 heterocycles. The second-order valence-electron chi connectivity index (χ2n) is 9.87. The summed E-state index contributed by atoms with van der Waals surface area (Å²) in [6, 6.07) is 5.87. The molecule has 0 saturated heterocycles. The van der Waals surface area contributed by atoms with E-state index in [1.165, 1.54) is 0 Å². The predicted molar refractivity (Wildman–Crippen MR) is 161 cm³/mol. The normalized spacial score (nSPS) is 12.2. The maximum absolute atomic E-state index is 4.96. The minimum absolute atomic E-state index is 0.514. The van der Waals surface area contributed by atoms with Crippen molar-refractivity contribution in [1.29, 1.82) is 0 Å². The zero-order valence-corrected chi connectivity index (χ0v) is 23.3. The Labute approximate surface area is 230 Å². The number of allylic oxidation sites excluding steroid dienone is 5. The van der Waals surface area contributed by atoms with Crippen LogP contribution in [0.15, 0.2) is 86.3 Å². The highest BCUT2D eigenvalue weighted by molar-refractivity contribution is 5.91. The Morgan fingerprint density at radius 1 is 1.15 bits per heavy atom. The standard InChI is InChI=1S/C31H36N8/c1-9-24(16-25(10-2)34-20(5)15-19(3)4)27-11-12-28-30(36-27)29(38-37-28)23(8)35-26-13-14-32-31(22(26)7)39-17-21(6)33-18-39/h9-14,16-19,34H,2,5,8,15H2,1,3-4,6-7H3,(H,32,35)(H,37,38)/b24-9+,25-16+. The molecule has 4 aromatic heterocycles. The molecule has 0 bridgehead atoms. The third kappa shape index (κ3) is 6.23. The first kappa shape index (κ1) is 27.3. The average molecular weight is 521 g/mol. The van der Waals surface area contributed by atoms with Gasteiger partial charge in [0.05, 0.1) is 22.6 Å². The fourth-order valence-electron chi connectivity index (χ4n) is 4.32. The van der Waals surface area contributed by atoms with Crippen LogP contribution in [-0.2, 0) is 0 Å². The summed E-state index contributed by atoms with van der Waals surface area (Å²) in [7, 11) is 0. The largest absolute Gasteiger partial charge is 0.359 e. The van der Waals surface area contributed by atoms with Crippen molar-refractivity contribution in [3.63, 3.8) is 0 Å². The van der Waals surface area contributed by atoms with Gasteiger partial charge in [-0.15, -0.1) is 0 Å². The van der Waals surface area contributed by atoms with Crippen molar-refractivity contribution in [3.8, 4) is 5.82 Å². The van der Waals surface area contributed by atoms with Crippen LogP contribution in [0.1, 0.15) is 49.8 Å². The van der Waals surface area contributed by atoms with E-state index in [1.54, 1.807) is 18.6 Å². The Bertz CT molecular complexity index is 1600. The molecule has 0 aromatic carbocycles.